The molecule has 0 unspecified atom stereocenters. The van der Waals surface area contributed by atoms with Gasteiger partial charge >= 0.3 is 0 Å². The van der Waals surface area contributed by atoms with E-state index in [4.69, 9.17) is 4.42 Å². The molecule has 1 aliphatic heterocycles. The third kappa shape index (κ3) is 3.46. The van der Waals surface area contributed by atoms with Crippen LogP contribution in [0.1, 0.15) is 36.4 Å². The van der Waals surface area contributed by atoms with Crippen molar-refractivity contribution in [1.82, 2.24) is 15.1 Å². The van der Waals surface area contributed by atoms with Gasteiger partial charge in [0.15, 0.2) is 0 Å². The van der Waals surface area contributed by atoms with Gasteiger partial charge in [0.05, 0.1) is 6.04 Å². The van der Waals surface area contributed by atoms with E-state index in [0.717, 1.165) is 25.1 Å². The summed E-state index contributed by atoms with van der Waals surface area (Å²) in [5, 5.41) is 8.54. The number of aryl methyl sites for hydroxylation is 1. The highest BCUT2D eigenvalue weighted by Crippen LogP contribution is 2.29. The minimum atomic E-state index is 0.106. The van der Waals surface area contributed by atoms with Crippen LogP contribution in [0.3, 0.4) is 0 Å². The van der Waals surface area contributed by atoms with Crippen LogP contribution in [0.25, 0.3) is 17.0 Å². The normalized spacial score (nSPS) is 16.3. The Labute approximate surface area is 154 Å². The van der Waals surface area contributed by atoms with Crippen LogP contribution in [0.5, 0.6) is 0 Å². The Balaban J connectivity index is 1.47. The van der Waals surface area contributed by atoms with Gasteiger partial charge in [-0.3, -0.25) is 4.90 Å². The van der Waals surface area contributed by atoms with Crippen molar-refractivity contribution < 1.29 is 4.42 Å². The summed E-state index contributed by atoms with van der Waals surface area (Å²) < 4.78 is 5.97. The smallest absolute Gasteiger partial charge is 0.247 e. The third-order valence-corrected chi connectivity index (χ3v) is 5.00. The molecule has 1 aromatic heterocycles. The summed E-state index contributed by atoms with van der Waals surface area (Å²) >= 11 is 0. The molecule has 0 spiro atoms. The fourth-order valence-corrected chi connectivity index (χ4v) is 3.41. The van der Waals surface area contributed by atoms with Crippen LogP contribution in [0, 0.1) is 6.92 Å². The molecule has 0 amide bonds. The van der Waals surface area contributed by atoms with Gasteiger partial charge in [0.2, 0.25) is 11.8 Å². The summed E-state index contributed by atoms with van der Waals surface area (Å²) in [5.41, 5.74) is 4.89. The molecule has 1 atom stereocenters. The second-order valence-electron chi connectivity index (χ2n) is 6.83. The zero-order valence-corrected chi connectivity index (χ0v) is 15.2. The molecule has 3 aromatic rings. The molecule has 0 saturated carbocycles. The summed E-state index contributed by atoms with van der Waals surface area (Å²) in [6, 6.07) is 18.9. The Kier molecular flexibility index (Phi) is 4.67. The van der Waals surface area contributed by atoms with Gasteiger partial charge in [-0.15, -0.1) is 10.2 Å². The molecule has 1 aliphatic rings. The largest absolute Gasteiger partial charge is 0.419 e. The Morgan fingerprint density at radius 3 is 2.54 bits per heavy atom. The molecule has 0 aliphatic carbocycles. The van der Waals surface area contributed by atoms with Gasteiger partial charge in [-0.1, -0.05) is 54.1 Å². The molecule has 0 N–H and O–H groups in total. The van der Waals surface area contributed by atoms with E-state index in [2.05, 4.69) is 77.5 Å². The standard InChI is InChI=1S/C22H23N3O/c1-16-7-6-10-20(15-16)22-24-23-21(26-22)17(2)25-13-11-19(12-14-25)18-8-4-3-5-9-18/h3-11,15,17H,12-14H2,1-2H3/t17-/m1/s1. The molecule has 2 aromatic carbocycles. The average Bonchev–Trinajstić information content (AvgIpc) is 3.18. The van der Waals surface area contributed by atoms with E-state index < -0.39 is 0 Å². The van der Waals surface area contributed by atoms with Gasteiger partial charge in [0.1, 0.15) is 0 Å². The molecule has 2 heterocycles. The van der Waals surface area contributed by atoms with E-state index in [-0.39, 0.29) is 6.04 Å². The van der Waals surface area contributed by atoms with Gasteiger partial charge in [-0.25, -0.2) is 0 Å². The van der Waals surface area contributed by atoms with Gasteiger partial charge < -0.3 is 4.42 Å². The zero-order chi connectivity index (χ0) is 17.9. The van der Waals surface area contributed by atoms with E-state index in [1.807, 2.05) is 12.1 Å². The number of hydrogen-bond donors (Lipinski definition) is 0. The second kappa shape index (κ2) is 7.26. The highest BCUT2D eigenvalue weighted by atomic mass is 16.4. The van der Waals surface area contributed by atoms with Crippen LogP contribution in [-0.4, -0.2) is 28.2 Å². The highest BCUT2D eigenvalue weighted by molar-refractivity contribution is 5.66. The Hall–Kier alpha value is -2.72. The molecule has 0 fully saturated rings. The number of rotatable bonds is 4. The number of nitrogens with zero attached hydrogens (tertiary/aromatic N) is 3. The van der Waals surface area contributed by atoms with Crippen molar-refractivity contribution in [3.63, 3.8) is 0 Å². The topological polar surface area (TPSA) is 42.2 Å². The van der Waals surface area contributed by atoms with E-state index >= 15 is 0 Å². The summed E-state index contributed by atoms with van der Waals surface area (Å²) in [4.78, 5) is 2.37. The van der Waals surface area contributed by atoms with Crippen LogP contribution >= 0.6 is 0 Å². The van der Waals surface area contributed by atoms with Crippen LogP contribution in [-0.2, 0) is 0 Å². The first-order chi connectivity index (χ1) is 12.7. The van der Waals surface area contributed by atoms with Crippen LogP contribution < -0.4 is 0 Å². The third-order valence-electron chi connectivity index (χ3n) is 5.00. The van der Waals surface area contributed by atoms with E-state index in [1.165, 1.54) is 16.7 Å². The van der Waals surface area contributed by atoms with Crippen molar-refractivity contribution in [2.75, 3.05) is 13.1 Å². The van der Waals surface area contributed by atoms with E-state index in [0.29, 0.717) is 11.8 Å². The van der Waals surface area contributed by atoms with Gasteiger partial charge in [-0.2, -0.15) is 0 Å². The first-order valence-electron chi connectivity index (χ1n) is 9.09. The van der Waals surface area contributed by atoms with Crippen molar-refractivity contribution in [3.05, 3.63) is 77.7 Å². The van der Waals surface area contributed by atoms with Crippen LogP contribution in [0.2, 0.25) is 0 Å². The zero-order valence-electron chi connectivity index (χ0n) is 15.2. The van der Waals surface area contributed by atoms with Crippen molar-refractivity contribution in [2.45, 2.75) is 26.3 Å². The molecule has 26 heavy (non-hydrogen) atoms. The van der Waals surface area contributed by atoms with Gasteiger partial charge in [0.25, 0.3) is 0 Å². The molecule has 4 heteroatoms. The van der Waals surface area contributed by atoms with Gasteiger partial charge in [-0.05, 0) is 43.5 Å². The average molecular weight is 345 g/mol. The molecule has 0 radical (unpaired) electrons. The lowest BCUT2D eigenvalue weighted by atomic mass is 9.99. The first kappa shape index (κ1) is 16.7. The number of hydrogen-bond acceptors (Lipinski definition) is 4. The number of aromatic nitrogens is 2. The summed E-state index contributed by atoms with van der Waals surface area (Å²) in [6.45, 7) is 6.08. The molecular formula is C22H23N3O. The lowest BCUT2D eigenvalue weighted by Gasteiger charge is -2.30. The van der Waals surface area contributed by atoms with Crippen LogP contribution in [0.4, 0.5) is 0 Å². The minimum absolute atomic E-state index is 0.106. The lowest BCUT2D eigenvalue weighted by molar-refractivity contribution is 0.202. The Morgan fingerprint density at radius 2 is 1.81 bits per heavy atom. The molecule has 4 rings (SSSR count). The highest BCUT2D eigenvalue weighted by Gasteiger charge is 2.23. The van der Waals surface area contributed by atoms with Crippen molar-refractivity contribution >= 4 is 5.57 Å². The molecular weight excluding hydrogens is 322 g/mol. The predicted molar refractivity (Wildman–Crippen MR) is 103 cm³/mol. The molecule has 0 saturated heterocycles. The first-order valence-corrected chi connectivity index (χ1v) is 9.09. The summed E-state index contributed by atoms with van der Waals surface area (Å²) in [7, 11) is 0. The second-order valence-corrected chi connectivity index (χ2v) is 6.83. The van der Waals surface area contributed by atoms with Crippen molar-refractivity contribution in [1.29, 1.82) is 0 Å². The molecule has 0 bridgehead atoms. The fourth-order valence-electron chi connectivity index (χ4n) is 3.41. The van der Waals surface area contributed by atoms with E-state index in [1.54, 1.807) is 0 Å². The minimum Gasteiger partial charge on any atom is -0.419 e. The number of benzene rings is 2. The maximum atomic E-state index is 5.97. The van der Waals surface area contributed by atoms with Gasteiger partial charge in [0, 0.05) is 18.7 Å². The lowest BCUT2D eigenvalue weighted by Crippen LogP contribution is -2.31. The monoisotopic (exact) mass is 345 g/mol. The van der Waals surface area contributed by atoms with Crippen molar-refractivity contribution in [3.8, 4) is 11.5 Å². The Bertz CT molecular complexity index is 914. The summed E-state index contributed by atoms with van der Waals surface area (Å²) in [6.07, 6.45) is 3.35. The molecule has 132 valence electrons. The predicted octanol–water partition coefficient (Wildman–Crippen LogP) is 4.90. The quantitative estimate of drug-likeness (QED) is 0.675. The maximum Gasteiger partial charge on any atom is 0.247 e. The Morgan fingerprint density at radius 1 is 1.00 bits per heavy atom. The fraction of sp³-hybridized carbons (Fsp3) is 0.273. The summed E-state index contributed by atoms with van der Waals surface area (Å²) in [5.74, 6) is 1.27. The maximum absolute atomic E-state index is 5.97. The molecule has 4 nitrogen and oxygen atoms in total. The van der Waals surface area contributed by atoms with Crippen LogP contribution in [0.15, 0.2) is 65.1 Å². The van der Waals surface area contributed by atoms with Crippen molar-refractivity contribution in [2.24, 2.45) is 0 Å². The van der Waals surface area contributed by atoms with E-state index in [9.17, 15) is 0 Å². The SMILES string of the molecule is Cc1cccc(-c2nnc([C@@H](C)N3CC=C(c4ccccc4)CC3)o2)c1.